The summed E-state index contributed by atoms with van der Waals surface area (Å²) in [5.74, 6) is 2.29. The standard InChI is InChI=1S/C25H32N6OS/c1-19-5-6-20(15-28-19)13-22-16-29-25(30-24(22)32)27-9-12-33-18-23-14-21(7-8-26-23)17-31-10-3-2-4-11-31/h5-8,14-16H,2-4,9-13,17-18H2,1H3,(H2,27,29,30,32). The highest BCUT2D eigenvalue weighted by molar-refractivity contribution is 7.98. The van der Waals surface area contributed by atoms with E-state index in [0.717, 1.165) is 41.5 Å². The maximum atomic E-state index is 12.4. The first-order valence-corrected chi connectivity index (χ1v) is 12.8. The second-order valence-electron chi connectivity index (χ2n) is 8.54. The van der Waals surface area contributed by atoms with E-state index in [1.807, 2.05) is 37.0 Å². The number of aromatic amines is 1. The van der Waals surface area contributed by atoms with Gasteiger partial charge in [0.15, 0.2) is 0 Å². The predicted molar refractivity (Wildman–Crippen MR) is 135 cm³/mol. The number of pyridine rings is 2. The molecule has 4 rings (SSSR count). The minimum absolute atomic E-state index is 0.115. The molecule has 1 aliphatic heterocycles. The first kappa shape index (κ1) is 23.4. The van der Waals surface area contributed by atoms with E-state index >= 15 is 0 Å². The highest BCUT2D eigenvalue weighted by atomic mass is 32.2. The van der Waals surface area contributed by atoms with Crippen molar-refractivity contribution in [2.45, 2.75) is 44.9 Å². The average Bonchev–Trinajstić information content (AvgIpc) is 2.83. The van der Waals surface area contributed by atoms with Crippen LogP contribution in [-0.2, 0) is 18.7 Å². The molecule has 2 N–H and O–H groups in total. The SMILES string of the molecule is Cc1ccc(Cc2cnc(NCCSCc3cc(CN4CCCCC4)ccn3)[nH]c2=O)cn1. The fourth-order valence-electron chi connectivity index (χ4n) is 3.96. The molecule has 0 aromatic carbocycles. The van der Waals surface area contributed by atoms with Gasteiger partial charge < -0.3 is 5.32 Å². The molecule has 0 bridgehead atoms. The number of aryl methyl sites for hydroxylation is 1. The quantitative estimate of drug-likeness (QED) is 0.442. The first-order valence-electron chi connectivity index (χ1n) is 11.6. The molecular formula is C25H32N6OS. The number of nitrogens with zero attached hydrogens (tertiary/aromatic N) is 4. The van der Waals surface area contributed by atoms with Gasteiger partial charge in [-0.3, -0.25) is 24.6 Å². The summed E-state index contributed by atoms with van der Waals surface area (Å²) in [6.45, 7) is 6.11. The van der Waals surface area contributed by atoms with Crippen molar-refractivity contribution >= 4 is 17.7 Å². The zero-order valence-electron chi connectivity index (χ0n) is 19.2. The van der Waals surface area contributed by atoms with Crippen molar-refractivity contribution in [1.82, 2.24) is 24.8 Å². The molecule has 33 heavy (non-hydrogen) atoms. The third kappa shape index (κ3) is 7.40. The van der Waals surface area contributed by atoms with E-state index in [0.29, 0.717) is 17.9 Å². The molecule has 0 aliphatic carbocycles. The van der Waals surface area contributed by atoms with Crippen molar-refractivity contribution in [1.29, 1.82) is 0 Å². The Morgan fingerprint density at radius 3 is 2.73 bits per heavy atom. The van der Waals surface area contributed by atoms with Crippen LogP contribution in [0.15, 0.2) is 47.7 Å². The topological polar surface area (TPSA) is 86.8 Å². The molecule has 3 aromatic heterocycles. The molecular weight excluding hydrogens is 432 g/mol. The number of thioether (sulfide) groups is 1. The van der Waals surface area contributed by atoms with E-state index in [2.05, 4.69) is 42.3 Å². The fraction of sp³-hybridized carbons (Fsp3) is 0.440. The van der Waals surface area contributed by atoms with E-state index in [1.54, 1.807) is 12.4 Å². The molecule has 3 aromatic rings. The Kier molecular flexibility index (Phi) is 8.49. The van der Waals surface area contributed by atoms with Gasteiger partial charge in [-0.25, -0.2) is 4.98 Å². The smallest absolute Gasteiger partial charge is 0.255 e. The molecule has 0 atom stereocenters. The minimum atomic E-state index is -0.115. The van der Waals surface area contributed by atoms with Crippen LogP contribution in [0.25, 0.3) is 0 Å². The second-order valence-corrected chi connectivity index (χ2v) is 9.65. The maximum absolute atomic E-state index is 12.4. The van der Waals surface area contributed by atoms with Crippen molar-refractivity contribution in [3.8, 4) is 0 Å². The van der Waals surface area contributed by atoms with Crippen LogP contribution in [0.3, 0.4) is 0 Å². The monoisotopic (exact) mass is 464 g/mol. The van der Waals surface area contributed by atoms with E-state index in [1.165, 1.54) is 37.9 Å². The zero-order valence-corrected chi connectivity index (χ0v) is 20.0. The summed E-state index contributed by atoms with van der Waals surface area (Å²) in [5.41, 5.74) is 4.95. The average molecular weight is 465 g/mol. The molecule has 0 saturated carbocycles. The van der Waals surface area contributed by atoms with E-state index in [-0.39, 0.29) is 5.56 Å². The lowest BCUT2D eigenvalue weighted by Crippen LogP contribution is -2.29. The Morgan fingerprint density at radius 1 is 1.06 bits per heavy atom. The van der Waals surface area contributed by atoms with Gasteiger partial charge in [-0.05, 0) is 62.2 Å². The van der Waals surface area contributed by atoms with Crippen LogP contribution in [0.1, 0.15) is 47.3 Å². The second kappa shape index (κ2) is 12.0. The first-order chi connectivity index (χ1) is 16.2. The van der Waals surface area contributed by atoms with Crippen molar-refractivity contribution in [2.24, 2.45) is 0 Å². The van der Waals surface area contributed by atoms with Crippen LogP contribution in [0.4, 0.5) is 5.95 Å². The number of aromatic nitrogens is 4. The summed E-state index contributed by atoms with van der Waals surface area (Å²) in [5, 5.41) is 3.21. The largest absolute Gasteiger partial charge is 0.355 e. The molecule has 1 saturated heterocycles. The molecule has 7 nitrogen and oxygen atoms in total. The van der Waals surface area contributed by atoms with E-state index in [4.69, 9.17) is 0 Å². The van der Waals surface area contributed by atoms with Crippen LogP contribution >= 0.6 is 11.8 Å². The van der Waals surface area contributed by atoms with Gasteiger partial charge in [-0.1, -0.05) is 12.5 Å². The van der Waals surface area contributed by atoms with Crippen LogP contribution in [-0.4, -0.2) is 50.2 Å². The Hall–Kier alpha value is -2.71. The van der Waals surface area contributed by atoms with Gasteiger partial charge in [0.2, 0.25) is 5.95 Å². The normalized spacial score (nSPS) is 14.3. The molecule has 4 heterocycles. The number of rotatable bonds is 10. The van der Waals surface area contributed by atoms with E-state index in [9.17, 15) is 4.79 Å². The van der Waals surface area contributed by atoms with Gasteiger partial charge in [-0.2, -0.15) is 11.8 Å². The number of hydrogen-bond acceptors (Lipinski definition) is 7. The van der Waals surface area contributed by atoms with Crippen LogP contribution < -0.4 is 10.9 Å². The summed E-state index contributed by atoms with van der Waals surface area (Å²) >= 11 is 1.83. The molecule has 1 aliphatic rings. The van der Waals surface area contributed by atoms with Crippen molar-refractivity contribution < 1.29 is 0 Å². The minimum Gasteiger partial charge on any atom is -0.355 e. The molecule has 174 valence electrons. The number of H-pyrrole nitrogens is 1. The number of hydrogen-bond donors (Lipinski definition) is 2. The van der Waals surface area contributed by atoms with Crippen molar-refractivity contribution in [2.75, 3.05) is 30.7 Å². The molecule has 0 spiro atoms. The van der Waals surface area contributed by atoms with Crippen LogP contribution in [0, 0.1) is 6.92 Å². The van der Waals surface area contributed by atoms with Gasteiger partial charge in [0.25, 0.3) is 5.56 Å². The molecule has 0 amide bonds. The third-order valence-corrected chi connectivity index (χ3v) is 6.76. The lowest BCUT2D eigenvalue weighted by Gasteiger charge is -2.26. The third-order valence-electron chi connectivity index (χ3n) is 5.76. The molecule has 0 unspecified atom stereocenters. The van der Waals surface area contributed by atoms with Gasteiger partial charge >= 0.3 is 0 Å². The van der Waals surface area contributed by atoms with E-state index < -0.39 is 0 Å². The summed E-state index contributed by atoms with van der Waals surface area (Å²) in [4.78, 5) is 30.9. The zero-order chi connectivity index (χ0) is 22.9. The number of anilines is 1. The Balaban J connectivity index is 1.19. The lowest BCUT2D eigenvalue weighted by atomic mass is 10.1. The lowest BCUT2D eigenvalue weighted by molar-refractivity contribution is 0.221. The number of nitrogens with one attached hydrogen (secondary N) is 2. The summed E-state index contributed by atoms with van der Waals surface area (Å²) < 4.78 is 0. The van der Waals surface area contributed by atoms with Gasteiger partial charge in [-0.15, -0.1) is 0 Å². The molecule has 0 radical (unpaired) electrons. The van der Waals surface area contributed by atoms with Crippen LogP contribution in [0.5, 0.6) is 0 Å². The Labute approximate surface area is 199 Å². The summed E-state index contributed by atoms with van der Waals surface area (Å²) in [7, 11) is 0. The van der Waals surface area contributed by atoms with Crippen LogP contribution in [0.2, 0.25) is 0 Å². The Bertz CT molecular complexity index is 1080. The van der Waals surface area contributed by atoms with Gasteiger partial charge in [0.1, 0.15) is 0 Å². The predicted octanol–water partition coefficient (Wildman–Crippen LogP) is 3.79. The fourth-order valence-corrected chi connectivity index (χ4v) is 4.72. The summed E-state index contributed by atoms with van der Waals surface area (Å²) in [6.07, 6.45) is 9.89. The van der Waals surface area contributed by atoms with Gasteiger partial charge in [0, 0.05) is 60.9 Å². The molecule has 1 fully saturated rings. The summed E-state index contributed by atoms with van der Waals surface area (Å²) in [6, 6.07) is 8.30. The Morgan fingerprint density at radius 2 is 1.94 bits per heavy atom. The highest BCUT2D eigenvalue weighted by Crippen LogP contribution is 2.16. The van der Waals surface area contributed by atoms with Crippen molar-refractivity contribution in [3.05, 3.63) is 81.3 Å². The highest BCUT2D eigenvalue weighted by Gasteiger charge is 2.11. The molecule has 8 heteroatoms. The number of likely N-dealkylation sites (tertiary alicyclic amines) is 1. The maximum Gasteiger partial charge on any atom is 0.255 e. The number of piperidine rings is 1. The van der Waals surface area contributed by atoms with Crippen molar-refractivity contribution in [3.63, 3.8) is 0 Å². The van der Waals surface area contributed by atoms with Gasteiger partial charge in [0.05, 0.1) is 5.69 Å².